The minimum absolute atomic E-state index is 0.264. The van der Waals surface area contributed by atoms with Gasteiger partial charge in [-0.05, 0) is 26.7 Å². The second-order valence-corrected chi connectivity index (χ2v) is 4.67. The molecule has 0 aromatic heterocycles. The van der Waals surface area contributed by atoms with Crippen molar-refractivity contribution in [2.45, 2.75) is 51.9 Å². The Morgan fingerprint density at radius 2 is 1.83 bits per heavy atom. The molecule has 1 aliphatic carbocycles. The average molecular weight is 258 g/mol. The smallest absolute Gasteiger partial charge is 0.231 e. The Bertz CT molecular complexity index is 236. The van der Waals surface area contributed by atoms with E-state index in [0.29, 0.717) is 32.3 Å². The summed E-state index contributed by atoms with van der Waals surface area (Å²) < 4.78 is 11.1. The Balaban J connectivity index is 2.53. The van der Waals surface area contributed by atoms with Gasteiger partial charge in [0.1, 0.15) is 0 Å². The van der Waals surface area contributed by atoms with Crippen LogP contribution in [-0.2, 0) is 14.3 Å². The van der Waals surface area contributed by atoms with Crippen molar-refractivity contribution in [2.75, 3.05) is 26.3 Å². The van der Waals surface area contributed by atoms with E-state index in [1.807, 2.05) is 13.8 Å². The number of primary amides is 1. The lowest BCUT2D eigenvalue weighted by Gasteiger charge is -2.30. The Kier molecular flexibility index (Phi) is 7.23. The Morgan fingerprint density at radius 3 is 2.28 bits per heavy atom. The molecule has 0 atom stereocenters. The van der Waals surface area contributed by atoms with Crippen LogP contribution in [0.15, 0.2) is 0 Å². The maximum absolute atomic E-state index is 11.2. The summed E-state index contributed by atoms with van der Waals surface area (Å²) in [6.45, 7) is 6.02. The molecule has 1 rings (SSSR count). The van der Waals surface area contributed by atoms with E-state index in [4.69, 9.17) is 15.2 Å². The zero-order valence-corrected chi connectivity index (χ0v) is 11.6. The molecule has 106 valence electrons. The molecule has 1 saturated carbocycles. The molecule has 0 spiro atoms. The Labute approximate surface area is 110 Å². The summed E-state index contributed by atoms with van der Waals surface area (Å²) in [7, 11) is 0. The van der Waals surface area contributed by atoms with E-state index in [-0.39, 0.29) is 12.2 Å². The molecular formula is C13H26N2O3. The minimum Gasteiger partial charge on any atom is -0.369 e. The first-order valence-corrected chi connectivity index (χ1v) is 6.92. The molecule has 1 amide bonds. The van der Waals surface area contributed by atoms with Gasteiger partial charge in [-0.25, -0.2) is 0 Å². The molecule has 0 aliphatic heterocycles. The topological polar surface area (TPSA) is 64.8 Å². The van der Waals surface area contributed by atoms with Crippen LogP contribution in [0.1, 0.15) is 39.5 Å². The summed E-state index contributed by atoms with van der Waals surface area (Å²) in [5.74, 6) is -0.284. The second kappa shape index (κ2) is 8.45. The molecule has 5 heteroatoms. The summed E-state index contributed by atoms with van der Waals surface area (Å²) in [4.78, 5) is 13.3. The molecule has 1 aliphatic rings. The van der Waals surface area contributed by atoms with E-state index in [2.05, 4.69) is 4.90 Å². The van der Waals surface area contributed by atoms with Crippen LogP contribution in [0.2, 0.25) is 0 Å². The maximum Gasteiger partial charge on any atom is 0.231 e. The number of carbonyl (C=O) groups is 1. The third-order valence-corrected chi connectivity index (χ3v) is 3.29. The molecular weight excluding hydrogens is 232 g/mol. The SMILES string of the molecule is CCOC(CN(CC(N)=O)C1CCCC1)OCC. The third-order valence-electron chi connectivity index (χ3n) is 3.29. The van der Waals surface area contributed by atoms with Crippen LogP contribution in [-0.4, -0.2) is 49.4 Å². The number of amides is 1. The molecule has 2 N–H and O–H groups in total. The number of hydrogen-bond acceptors (Lipinski definition) is 4. The molecule has 1 fully saturated rings. The van der Waals surface area contributed by atoms with Gasteiger partial charge in [-0.15, -0.1) is 0 Å². The largest absolute Gasteiger partial charge is 0.369 e. The van der Waals surface area contributed by atoms with Crippen LogP contribution in [0, 0.1) is 0 Å². The monoisotopic (exact) mass is 258 g/mol. The number of hydrogen-bond donors (Lipinski definition) is 1. The Hall–Kier alpha value is -0.650. The predicted octanol–water partition coefficient (Wildman–Crippen LogP) is 1.12. The van der Waals surface area contributed by atoms with Gasteiger partial charge in [0.25, 0.3) is 0 Å². The highest BCUT2D eigenvalue weighted by Gasteiger charge is 2.26. The van der Waals surface area contributed by atoms with Crippen molar-refractivity contribution in [3.63, 3.8) is 0 Å². The van der Waals surface area contributed by atoms with Gasteiger partial charge < -0.3 is 15.2 Å². The van der Waals surface area contributed by atoms with Crippen molar-refractivity contribution >= 4 is 5.91 Å². The number of nitrogens with two attached hydrogens (primary N) is 1. The van der Waals surface area contributed by atoms with E-state index in [9.17, 15) is 4.79 Å². The lowest BCUT2D eigenvalue weighted by atomic mass is 10.2. The van der Waals surface area contributed by atoms with E-state index in [0.717, 1.165) is 12.8 Å². The number of nitrogens with zero attached hydrogens (tertiary/aromatic N) is 1. The highest BCUT2D eigenvalue weighted by Crippen LogP contribution is 2.23. The fraction of sp³-hybridized carbons (Fsp3) is 0.923. The molecule has 0 heterocycles. The van der Waals surface area contributed by atoms with Crippen LogP contribution >= 0.6 is 0 Å². The van der Waals surface area contributed by atoms with E-state index >= 15 is 0 Å². The van der Waals surface area contributed by atoms with E-state index in [1.54, 1.807) is 0 Å². The van der Waals surface area contributed by atoms with Gasteiger partial charge in [-0.3, -0.25) is 9.69 Å². The summed E-state index contributed by atoms with van der Waals surface area (Å²) in [5.41, 5.74) is 5.32. The second-order valence-electron chi connectivity index (χ2n) is 4.67. The van der Waals surface area contributed by atoms with Crippen molar-refractivity contribution in [3.8, 4) is 0 Å². The third kappa shape index (κ3) is 5.33. The van der Waals surface area contributed by atoms with Crippen molar-refractivity contribution in [1.29, 1.82) is 0 Å². The summed E-state index contributed by atoms with van der Waals surface area (Å²) in [6, 6.07) is 0.445. The van der Waals surface area contributed by atoms with Gasteiger partial charge in [0, 0.05) is 19.3 Å². The van der Waals surface area contributed by atoms with Gasteiger partial charge in [-0.2, -0.15) is 0 Å². The first-order valence-electron chi connectivity index (χ1n) is 6.92. The lowest BCUT2D eigenvalue weighted by molar-refractivity contribution is -0.152. The number of rotatable bonds is 9. The summed E-state index contributed by atoms with van der Waals surface area (Å²) in [5, 5.41) is 0. The van der Waals surface area contributed by atoms with Crippen molar-refractivity contribution < 1.29 is 14.3 Å². The molecule has 0 radical (unpaired) electrons. The van der Waals surface area contributed by atoms with Gasteiger partial charge in [0.05, 0.1) is 13.1 Å². The minimum atomic E-state index is -0.284. The van der Waals surface area contributed by atoms with Gasteiger partial charge in [0.15, 0.2) is 6.29 Å². The molecule has 0 aromatic rings. The average Bonchev–Trinajstić information content (AvgIpc) is 2.81. The summed E-state index contributed by atoms with van der Waals surface area (Å²) in [6.07, 6.45) is 4.47. The van der Waals surface area contributed by atoms with Crippen LogP contribution in [0.5, 0.6) is 0 Å². The number of ether oxygens (including phenoxy) is 2. The first kappa shape index (κ1) is 15.4. The fourth-order valence-electron chi connectivity index (χ4n) is 2.53. The normalized spacial score (nSPS) is 16.9. The lowest BCUT2D eigenvalue weighted by Crippen LogP contribution is -2.45. The number of carbonyl (C=O) groups excluding carboxylic acids is 1. The van der Waals surface area contributed by atoms with Gasteiger partial charge in [0.2, 0.25) is 5.91 Å². The van der Waals surface area contributed by atoms with Gasteiger partial charge >= 0.3 is 0 Å². The zero-order valence-electron chi connectivity index (χ0n) is 11.6. The highest BCUT2D eigenvalue weighted by atomic mass is 16.7. The van der Waals surface area contributed by atoms with Gasteiger partial charge in [-0.1, -0.05) is 12.8 Å². The molecule has 18 heavy (non-hydrogen) atoms. The molecule has 0 saturated heterocycles. The maximum atomic E-state index is 11.2. The standard InChI is InChI=1S/C13H26N2O3/c1-3-17-13(18-4-2)10-15(9-12(14)16)11-7-5-6-8-11/h11,13H,3-10H2,1-2H3,(H2,14,16). The van der Waals surface area contributed by atoms with Crippen LogP contribution in [0.4, 0.5) is 0 Å². The van der Waals surface area contributed by atoms with E-state index in [1.165, 1.54) is 12.8 Å². The fourth-order valence-corrected chi connectivity index (χ4v) is 2.53. The van der Waals surface area contributed by atoms with Crippen LogP contribution in [0.25, 0.3) is 0 Å². The molecule has 0 bridgehead atoms. The van der Waals surface area contributed by atoms with E-state index < -0.39 is 0 Å². The molecule has 0 unspecified atom stereocenters. The van der Waals surface area contributed by atoms with Crippen molar-refractivity contribution in [2.24, 2.45) is 5.73 Å². The Morgan fingerprint density at radius 1 is 1.28 bits per heavy atom. The first-order chi connectivity index (χ1) is 8.67. The van der Waals surface area contributed by atoms with Crippen LogP contribution in [0.3, 0.4) is 0 Å². The summed E-state index contributed by atoms with van der Waals surface area (Å²) >= 11 is 0. The van der Waals surface area contributed by atoms with Crippen molar-refractivity contribution in [3.05, 3.63) is 0 Å². The van der Waals surface area contributed by atoms with Crippen LogP contribution < -0.4 is 5.73 Å². The molecule has 0 aromatic carbocycles. The quantitative estimate of drug-likeness (QED) is 0.629. The van der Waals surface area contributed by atoms with Crippen molar-refractivity contribution in [1.82, 2.24) is 4.90 Å². The highest BCUT2D eigenvalue weighted by molar-refractivity contribution is 5.75. The zero-order chi connectivity index (χ0) is 13.4. The molecule has 5 nitrogen and oxygen atoms in total. The predicted molar refractivity (Wildman–Crippen MR) is 70.1 cm³/mol.